The Morgan fingerprint density at radius 2 is 1.88 bits per heavy atom. The van der Waals surface area contributed by atoms with E-state index in [2.05, 4.69) is 20.9 Å². The summed E-state index contributed by atoms with van der Waals surface area (Å²) in [6.07, 6.45) is 0. The van der Waals surface area contributed by atoms with Gasteiger partial charge in [0.05, 0.1) is 13.2 Å². The second kappa shape index (κ2) is 13.5. The molecule has 0 heterocycles. The first kappa shape index (κ1) is 18.8. The molecule has 0 rings (SSSR count). The van der Waals surface area contributed by atoms with E-state index in [4.69, 9.17) is 4.74 Å². The Morgan fingerprint density at radius 1 is 1.24 bits per heavy atom. The standard InChI is InChI=1S/C10H22N4O2.HI/c1-4-11-10(14-7-8-16-3)13-6-5-12-9(2)15;/h4-8H2,1-3H3,(H,12,15)(H2,11,13,14);1H. The van der Waals surface area contributed by atoms with Gasteiger partial charge in [0, 0.05) is 33.7 Å². The number of carbonyl (C=O) groups excluding carboxylic acids is 1. The number of hydrogen-bond acceptors (Lipinski definition) is 3. The van der Waals surface area contributed by atoms with Gasteiger partial charge in [-0.2, -0.15) is 0 Å². The van der Waals surface area contributed by atoms with Crippen LogP contribution in [0, 0.1) is 0 Å². The summed E-state index contributed by atoms with van der Waals surface area (Å²) in [6, 6.07) is 0. The molecule has 0 aliphatic rings. The first-order valence-electron chi connectivity index (χ1n) is 5.46. The minimum atomic E-state index is -0.0249. The summed E-state index contributed by atoms with van der Waals surface area (Å²) in [5.74, 6) is 0.716. The molecule has 0 aromatic rings. The van der Waals surface area contributed by atoms with Gasteiger partial charge in [0.25, 0.3) is 0 Å². The normalized spacial score (nSPS) is 10.4. The molecule has 17 heavy (non-hydrogen) atoms. The van der Waals surface area contributed by atoms with Crippen LogP contribution in [0.15, 0.2) is 4.99 Å². The number of methoxy groups -OCH3 is 1. The molecule has 0 aliphatic carbocycles. The lowest BCUT2D eigenvalue weighted by Gasteiger charge is -2.11. The average Bonchev–Trinajstić information content (AvgIpc) is 2.24. The van der Waals surface area contributed by atoms with Crippen molar-refractivity contribution in [3.05, 3.63) is 0 Å². The van der Waals surface area contributed by atoms with Crippen molar-refractivity contribution < 1.29 is 9.53 Å². The van der Waals surface area contributed by atoms with Crippen LogP contribution in [-0.2, 0) is 9.53 Å². The zero-order valence-electron chi connectivity index (χ0n) is 10.7. The molecule has 0 unspecified atom stereocenters. The second-order valence-electron chi connectivity index (χ2n) is 3.16. The molecule has 0 fully saturated rings. The number of nitrogens with zero attached hydrogens (tertiary/aromatic N) is 1. The summed E-state index contributed by atoms with van der Waals surface area (Å²) in [5, 5.41) is 8.91. The maximum absolute atomic E-state index is 10.6. The van der Waals surface area contributed by atoms with E-state index in [0.717, 1.165) is 12.5 Å². The van der Waals surface area contributed by atoms with Crippen molar-refractivity contribution in [2.45, 2.75) is 13.8 Å². The van der Waals surface area contributed by atoms with Crippen LogP contribution in [0.3, 0.4) is 0 Å². The molecule has 3 N–H and O–H groups in total. The maximum Gasteiger partial charge on any atom is 0.216 e. The van der Waals surface area contributed by atoms with Gasteiger partial charge >= 0.3 is 0 Å². The summed E-state index contributed by atoms with van der Waals surface area (Å²) < 4.78 is 4.91. The number of amides is 1. The SMILES string of the molecule is CCNC(=NCCOC)NCCNC(C)=O.I. The Bertz CT molecular complexity index is 224. The number of nitrogens with one attached hydrogen (secondary N) is 3. The third-order valence-corrected chi connectivity index (χ3v) is 1.70. The number of guanidine groups is 1. The van der Waals surface area contributed by atoms with Crippen LogP contribution in [0.4, 0.5) is 0 Å². The molecule has 0 saturated heterocycles. The van der Waals surface area contributed by atoms with Crippen LogP contribution in [0.25, 0.3) is 0 Å². The first-order valence-corrected chi connectivity index (χ1v) is 5.46. The van der Waals surface area contributed by atoms with Crippen molar-refractivity contribution in [1.82, 2.24) is 16.0 Å². The highest BCUT2D eigenvalue weighted by Gasteiger charge is 1.96. The number of carbonyl (C=O) groups is 1. The quantitative estimate of drug-likeness (QED) is 0.258. The van der Waals surface area contributed by atoms with Crippen molar-refractivity contribution >= 4 is 35.8 Å². The Kier molecular flexibility index (Phi) is 14.9. The zero-order valence-corrected chi connectivity index (χ0v) is 13.0. The van der Waals surface area contributed by atoms with Crippen LogP contribution in [0.1, 0.15) is 13.8 Å². The smallest absolute Gasteiger partial charge is 0.216 e. The van der Waals surface area contributed by atoms with Gasteiger partial charge in [-0.25, -0.2) is 0 Å². The van der Waals surface area contributed by atoms with Gasteiger partial charge in [-0.05, 0) is 6.92 Å². The molecular weight excluding hydrogens is 335 g/mol. The molecule has 6 nitrogen and oxygen atoms in total. The summed E-state index contributed by atoms with van der Waals surface area (Å²) in [5.41, 5.74) is 0. The molecular formula is C10H23IN4O2. The number of rotatable bonds is 7. The monoisotopic (exact) mass is 358 g/mol. The Morgan fingerprint density at radius 3 is 2.41 bits per heavy atom. The molecule has 1 amide bonds. The Balaban J connectivity index is 0. The van der Waals surface area contributed by atoms with Crippen LogP contribution in [0.5, 0.6) is 0 Å². The highest BCUT2D eigenvalue weighted by atomic mass is 127. The average molecular weight is 358 g/mol. The molecule has 0 saturated carbocycles. The van der Waals surface area contributed by atoms with E-state index in [1.807, 2.05) is 6.92 Å². The van der Waals surface area contributed by atoms with Crippen molar-refractivity contribution in [3.8, 4) is 0 Å². The fraction of sp³-hybridized carbons (Fsp3) is 0.800. The van der Waals surface area contributed by atoms with E-state index in [0.29, 0.717) is 26.2 Å². The van der Waals surface area contributed by atoms with E-state index in [-0.39, 0.29) is 29.9 Å². The largest absolute Gasteiger partial charge is 0.383 e. The van der Waals surface area contributed by atoms with Gasteiger partial charge in [-0.15, -0.1) is 24.0 Å². The van der Waals surface area contributed by atoms with Gasteiger partial charge in [0.2, 0.25) is 5.91 Å². The summed E-state index contributed by atoms with van der Waals surface area (Å²) in [6.45, 7) is 6.76. The fourth-order valence-corrected chi connectivity index (χ4v) is 1.01. The van der Waals surface area contributed by atoms with E-state index in [1.165, 1.54) is 6.92 Å². The number of hydrogen-bond donors (Lipinski definition) is 3. The maximum atomic E-state index is 10.6. The molecule has 102 valence electrons. The lowest BCUT2D eigenvalue weighted by atomic mass is 10.5. The number of halogens is 1. The predicted molar refractivity (Wildman–Crippen MR) is 80.0 cm³/mol. The third kappa shape index (κ3) is 13.4. The fourth-order valence-electron chi connectivity index (χ4n) is 1.01. The molecule has 0 radical (unpaired) electrons. The molecule has 0 spiro atoms. The van der Waals surface area contributed by atoms with Gasteiger partial charge in [-0.3, -0.25) is 9.79 Å². The topological polar surface area (TPSA) is 74.8 Å². The summed E-state index contributed by atoms with van der Waals surface area (Å²) in [4.78, 5) is 14.9. The first-order chi connectivity index (χ1) is 7.70. The lowest BCUT2D eigenvalue weighted by molar-refractivity contribution is -0.118. The van der Waals surface area contributed by atoms with Crippen molar-refractivity contribution in [3.63, 3.8) is 0 Å². The van der Waals surface area contributed by atoms with Crippen LogP contribution in [0.2, 0.25) is 0 Å². The molecule has 0 atom stereocenters. The molecule has 0 aliphatic heterocycles. The number of ether oxygens (including phenoxy) is 1. The minimum Gasteiger partial charge on any atom is -0.383 e. The minimum absolute atomic E-state index is 0. The van der Waals surface area contributed by atoms with Crippen molar-refractivity contribution in [2.24, 2.45) is 4.99 Å². The van der Waals surface area contributed by atoms with Crippen LogP contribution in [-0.4, -0.2) is 51.8 Å². The highest BCUT2D eigenvalue weighted by Crippen LogP contribution is 1.75. The third-order valence-electron chi connectivity index (χ3n) is 1.70. The summed E-state index contributed by atoms with van der Waals surface area (Å²) >= 11 is 0. The van der Waals surface area contributed by atoms with Crippen molar-refractivity contribution in [2.75, 3.05) is 39.9 Å². The zero-order chi connectivity index (χ0) is 12.2. The number of aliphatic imine (C=N–C) groups is 1. The molecule has 0 aromatic heterocycles. The van der Waals surface area contributed by atoms with Gasteiger partial charge in [0.1, 0.15) is 0 Å². The lowest BCUT2D eigenvalue weighted by Crippen LogP contribution is -2.41. The van der Waals surface area contributed by atoms with Gasteiger partial charge in [0.15, 0.2) is 5.96 Å². The molecule has 0 bridgehead atoms. The molecule has 0 aromatic carbocycles. The predicted octanol–water partition coefficient (Wildman–Crippen LogP) is -0.0580. The second-order valence-corrected chi connectivity index (χ2v) is 3.16. The van der Waals surface area contributed by atoms with E-state index >= 15 is 0 Å². The Labute approximate surface area is 120 Å². The van der Waals surface area contributed by atoms with Gasteiger partial charge < -0.3 is 20.7 Å². The van der Waals surface area contributed by atoms with E-state index in [9.17, 15) is 4.79 Å². The van der Waals surface area contributed by atoms with E-state index in [1.54, 1.807) is 7.11 Å². The Hall–Kier alpha value is -0.570. The highest BCUT2D eigenvalue weighted by molar-refractivity contribution is 14.0. The summed E-state index contributed by atoms with van der Waals surface area (Å²) in [7, 11) is 1.65. The van der Waals surface area contributed by atoms with Crippen molar-refractivity contribution in [1.29, 1.82) is 0 Å². The van der Waals surface area contributed by atoms with Crippen LogP contribution < -0.4 is 16.0 Å². The van der Waals surface area contributed by atoms with Crippen LogP contribution >= 0.6 is 24.0 Å². The van der Waals surface area contributed by atoms with E-state index < -0.39 is 0 Å². The molecule has 7 heteroatoms. The van der Waals surface area contributed by atoms with Gasteiger partial charge in [-0.1, -0.05) is 0 Å².